The second kappa shape index (κ2) is 9.47. The standard InChI is InChI=1S/C23H27F5N4O2S/c1-22(2,3)12-32-11-17(19(21(24)25)31(4)13-35(29,33)34)16-8-7-14(10-18(16)32)15-6-5-9-30-20(15)23(26,27)28/h5-11,19,21H,12-13H2,1-4H3,(H2,29,33,34)/t19-/m0/s1. The number of sulfonamides is 1. The molecule has 0 spiro atoms. The van der Waals surface area contributed by atoms with Gasteiger partial charge in [0, 0.05) is 41.0 Å². The average Bonchev–Trinajstić information content (AvgIpc) is 3.01. The van der Waals surface area contributed by atoms with E-state index < -0.39 is 40.2 Å². The number of nitrogens with zero attached hydrogens (tertiary/aromatic N) is 3. The summed E-state index contributed by atoms with van der Waals surface area (Å²) in [5.74, 6) is -0.795. The molecule has 2 N–H and O–H groups in total. The number of primary sulfonamides is 1. The lowest BCUT2D eigenvalue weighted by molar-refractivity contribution is -0.140. The zero-order valence-corrected chi connectivity index (χ0v) is 20.5. The molecule has 192 valence electrons. The number of aromatic nitrogens is 2. The molecule has 0 aliphatic heterocycles. The molecule has 0 aliphatic carbocycles. The Hall–Kier alpha value is -2.57. The number of halogens is 5. The number of fused-ring (bicyclic) bond motifs is 1. The minimum atomic E-state index is -4.68. The molecule has 35 heavy (non-hydrogen) atoms. The van der Waals surface area contributed by atoms with E-state index in [9.17, 15) is 30.4 Å². The monoisotopic (exact) mass is 518 g/mol. The van der Waals surface area contributed by atoms with E-state index >= 15 is 0 Å². The van der Waals surface area contributed by atoms with Crippen LogP contribution in [0.1, 0.15) is 38.1 Å². The highest BCUT2D eigenvalue weighted by Gasteiger charge is 2.36. The Morgan fingerprint density at radius 3 is 2.34 bits per heavy atom. The van der Waals surface area contributed by atoms with Gasteiger partial charge in [-0.05, 0) is 30.2 Å². The molecule has 0 fully saturated rings. The van der Waals surface area contributed by atoms with Gasteiger partial charge >= 0.3 is 6.18 Å². The Labute approximate surface area is 200 Å². The summed E-state index contributed by atoms with van der Waals surface area (Å²) < 4.78 is 93.9. The van der Waals surface area contributed by atoms with Crippen LogP contribution in [-0.4, -0.2) is 42.2 Å². The molecule has 0 unspecified atom stereocenters. The van der Waals surface area contributed by atoms with Crippen molar-refractivity contribution in [1.29, 1.82) is 0 Å². The summed E-state index contributed by atoms with van der Waals surface area (Å²) in [6.45, 7) is 6.18. The summed E-state index contributed by atoms with van der Waals surface area (Å²) in [5, 5.41) is 5.45. The van der Waals surface area contributed by atoms with Crippen LogP contribution in [0.25, 0.3) is 22.0 Å². The number of hydrogen-bond acceptors (Lipinski definition) is 4. The van der Waals surface area contributed by atoms with E-state index in [0.29, 0.717) is 17.4 Å². The average molecular weight is 519 g/mol. The van der Waals surface area contributed by atoms with E-state index in [1.807, 2.05) is 20.8 Å². The smallest absolute Gasteiger partial charge is 0.347 e. The number of alkyl halides is 5. The van der Waals surface area contributed by atoms with Crippen molar-refractivity contribution in [3.8, 4) is 11.1 Å². The number of pyridine rings is 1. The minimum Gasteiger partial charge on any atom is -0.347 e. The van der Waals surface area contributed by atoms with Crippen molar-refractivity contribution in [2.45, 2.75) is 46.0 Å². The van der Waals surface area contributed by atoms with Gasteiger partial charge in [0.1, 0.15) is 5.88 Å². The second-order valence-electron chi connectivity index (χ2n) is 9.73. The van der Waals surface area contributed by atoms with E-state index in [1.54, 1.807) is 4.57 Å². The molecule has 0 amide bonds. The zero-order valence-electron chi connectivity index (χ0n) is 19.6. The quantitative estimate of drug-likeness (QED) is 0.433. The first-order valence-corrected chi connectivity index (χ1v) is 12.3. The third kappa shape index (κ3) is 6.36. The van der Waals surface area contributed by atoms with Gasteiger partial charge in [-0.1, -0.05) is 39.0 Å². The Morgan fingerprint density at radius 1 is 1.14 bits per heavy atom. The van der Waals surface area contributed by atoms with E-state index in [1.165, 1.54) is 43.6 Å². The van der Waals surface area contributed by atoms with Crippen molar-refractivity contribution >= 4 is 20.9 Å². The highest BCUT2D eigenvalue weighted by molar-refractivity contribution is 7.89. The van der Waals surface area contributed by atoms with Crippen molar-refractivity contribution in [3.63, 3.8) is 0 Å². The Bertz CT molecular complexity index is 1310. The van der Waals surface area contributed by atoms with Crippen LogP contribution in [-0.2, 0) is 22.7 Å². The van der Waals surface area contributed by atoms with E-state index in [0.717, 1.165) is 11.1 Å². The fraction of sp³-hybridized carbons (Fsp3) is 0.435. The third-order valence-corrected chi connectivity index (χ3v) is 6.13. The molecule has 2 aromatic heterocycles. The first-order valence-electron chi connectivity index (χ1n) is 10.6. The Kier molecular flexibility index (Phi) is 7.31. The fourth-order valence-corrected chi connectivity index (χ4v) is 4.89. The van der Waals surface area contributed by atoms with Gasteiger partial charge in [0.05, 0.1) is 6.04 Å². The lowest BCUT2D eigenvalue weighted by Gasteiger charge is -2.26. The molecule has 6 nitrogen and oxygen atoms in total. The molecule has 1 atom stereocenters. The lowest BCUT2D eigenvalue weighted by Crippen LogP contribution is -2.36. The van der Waals surface area contributed by atoms with Crippen molar-refractivity contribution in [2.75, 3.05) is 12.9 Å². The molecule has 0 saturated heterocycles. The summed E-state index contributed by atoms with van der Waals surface area (Å²) in [4.78, 5) is 4.45. The molecule has 0 saturated carbocycles. The molecule has 3 rings (SSSR count). The molecule has 0 aliphatic rings. The molecule has 0 bridgehead atoms. The van der Waals surface area contributed by atoms with Crippen LogP contribution in [0.2, 0.25) is 0 Å². The largest absolute Gasteiger partial charge is 0.433 e. The van der Waals surface area contributed by atoms with E-state index in [-0.39, 0.29) is 22.1 Å². The first kappa shape index (κ1) is 27.0. The number of hydrogen-bond donors (Lipinski definition) is 1. The summed E-state index contributed by atoms with van der Waals surface area (Å²) >= 11 is 0. The van der Waals surface area contributed by atoms with Gasteiger partial charge in [0.2, 0.25) is 10.0 Å². The number of rotatable bonds is 7. The molecule has 1 aromatic carbocycles. The number of benzene rings is 1. The van der Waals surface area contributed by atoms with Gasteiger partial charge in [-0.2, -0.15) is 13.2 Å². The van der Waals surface area contributed by atoms with Crippen molar-refractivity contribution in [3.05, 3.63) is 54.0 Å². The summed E-state index contributed by atoms with van der Waals surface area (Å²) in [6.07, 6.45) is -5.07. The van der Waals surface area contributed by atoms with Crippen molar-refractivity contribution < 1.29 is 30.4 Å². The Morgan fingerprint density at radius 2 is 1.80 bits per heavy atom. The lowest BCUT2D eigenvalue weighted by atomic mass is 9.96. The van der Waals surface area contributed by atoms with Gasteiger partial charge in [-0.15, -0.1) is 0 Å². The van der Waals surface area contributed by atoms with Crippen LogP contribution in [0, 0.1) is 5.41 Å². The molecular weight excluding hydrogens is 491 g/mol. The summed E-state index contributed by atoms with van der Waals surface area (Å²) in [7, 11) is -2.84. The van der Waals surface area contributed by atoms with Crippen LogP contribution in [0.4, 0.5) is 22.0 Å². The molecular formula is C23H27F5N4O2S. The Balaban J connectivity index is 2.25. The van der Waals surface area contributed by atoms with E-state index in [4.69, 9.17) is 5.14 Å². The number of nitrogens with two attached hydrogens (primary N) is 1. The summed E-state index contributed by atoms with van der Waals surface area (Å²) in [6, 6.07) is 5.50. The van der Waals surface area contributed by atoms with Crippen molar-refractivity contribution in [2.24, 2.45) is 10.6 Å². The minimum absolute atomic E-state index is 0.135. The molecule has 0 radical (unpaired) electrons. The highest BCUT2D eigenvalue weighted by atomic mass is 32.2. The third-order valence-electron chi connectivity index (χ3n) is 5.36. The van der Waals surface area contributed by atoms with Gasteiger partial charge in [0.15, 0.2) is 5.69 Å². The van der Waals surface area contributed by atoms with Crippen LogP contribution in [0.5, 0.6) is 0 Å². The molecule has 2 heterocycles. The predicted molar refractivity (Wildman–Crippen MR) is 124 cm³/mol. The van der Waals surface area contributed by atoms with Gasteiger partial charge < -0.3 is 4.57 Å². The zero-order chi connectivity index (χ0) is 26.3. The second-order valence-corrected chi connectivity index (χ2v) is 11.3. The maximum atomic E-state index is 14.2. The normalized spacial score (nSPS) is 14.3. The van der Waals surface area contributed by atoms with Crippen molar-refractivity contribution in [1.82, 2.24) is 14.5 Å². The maximum absolute atomic E-state index is 14.2. The van der Waals surface area contributed by atoms with E-state index in [2.05, 4.69) is 4.98 Å². The van der Waals surface area contributed by atoms with Crippen LogP contribution >= 0.6 is 0 Å². The molecule has 3 aromatic rings. The predicted octanol–water partition coefficient (Wildman–Crippen LogP) is 5.25. The SMILES string of the molecule is CN(CS(N)(=O)=O)[C@@H](c1cn(CC(C)(C)C)c2cc(-c3cccnc3C(F)(F)F)ccc12)C(F)F. The fourth-order valence-electron chi connectivity index (χ4n) is 4.16. The maximum Gasteiger partial charge on any atom is 0.433 e. The van der Waals surface area contributed by atoms with Crippen LogP contribution < -0.4 is 5.14 Å². The topological polar surface area (TPSA) is 81.2 Å². The van der Waals surface area contributed by atoms with Crippen LogP contribution in [0.3, 0.4) is 0 Å². The van der Waals surface area contributed by atoms with Gasteiger partial charge in [0.25, 0.3) is 6.43 Å². The molecule has 12 heteroatoms. The van der Waals surface area contributed by atoms with Gasteiger partial charge in [-0.25, -0.2) is 22.3 Å². The van der Waals surface area contributed by atoms with Crippen LogP contribution in [0.15, 0.2) is 42.7 Å². The first-order chi connectivity index (χ1) is 16.0. The van der Waals surface area contributed by atoms with Gasteiger partial charge in [-0.3, -0.25) is 9.88 Å². The highest BCUT2D eigenvalue weighted by Crippen LogP contribution is 2.39. The summed E-state index contributed by atoms with van der Waals surface area (Å²) in [5.41, 5.74) is -0.657.